The highest BCUT2D eigenvalue weighted by molar-refractivity contribution is 5.97. The van der Waals surface area contributed by atoms with Crippen molar-refractivity contribution in [2.45, 2.75) is 6.54 Å². The van der Waals surface area contributed by atoms with Gasteiger partial charge in [-0.05, 0) is 6.07 Å². The van der Waals surface area contributed by atoms with Crippen LogP contribution in [0.2, 0.25) is 0 Å². The maximum Gasteiger partial charge on any atom is 0.170 e. The lowest BCUT2D eigenvalue weighted by Crippen LogP contribution is -2.40. The van der Waals surface area contributed by atoms with Gasteiger partial charge in [-0.3, -0.25) is 4.90 Å². The highest BCUT2D eigenvalue weighted by Crippen LogP contribution is 2.10. The van der Waals surface area contributed by atoms with Gasteiger partial charge in [0.2, 0.25) is 0 Å². The minimum atomic E-state index is -0.363. The van der Waals surface area contributed by atoms with Crippen molar-refractivity contribution >= 4 is 5.84 Å². The third-order valence-corrected chi connectivity index (χ3v) is 3.48. The van der Waals surface area contributed by atoms with Crippen LogP contribution in [0.5, 0.6) is 0 Å². The van der Waals surface area contributed by atoms with Crippen LogP contribution in [0.4, 0.5) is 4.39 Å². The van der Waals surface area contributed by atoms with Crippen molar-refractivity contribution in [1.82, 2.24) is 10.2 Å². The van der Waals surface area contributed by atoms with E-state index in [1.165, 1.54) is 6.07 Å². The van der Waals surface area contributed by atoms with Gasteiger partial charge in [-0.2, -0.15) is 0 Å². The third kappa shape index (κ3) is 4.66. The second-order valence-electron chi connectivity index (χ2n) is 4.92. The Morgan fingerprint density at radius 3 is 2.86 bits per heavy atom. The molecule has 0 amide bonds. The van der Waals surface area contributed by atoms with Gasteiger partial charge in [-0.25, -0.2) is 4.39 Å². The summed E-state index contributed by atoms with van der Waals surface area (Å²) in [4.78, 5) is 2.31. The molecule has 0 unspecified atom stereocenters. The van der Waals surface area contributed by atoms with E-state index in [1.54, 1.807) is 12.1 Å². The summed E-state index contributed by atoms with van der Waals surface area (Å²) < 4.78 is 19.2. The molecule has 0 aromatic heterocycles. The normalized spacial score (nSPS) is 17.1. The van der Waals surface area contributed by atoms with Gasteiger partial charge in [0.15, 0.2) is 5.84 Å². The van der Waals surface area contributed by atoms with Crippen LogP contribution in [-0.4, -0.2) is 55.3 Å². The predicted molar refractivity (Wildman–Crippen MR) is 77.9 cm³/mol. The van der Waals surface area contributed by atoms with Gasteiger partial charge in [-0.15, -0.1) is 0 Å². The Morgan fingerprint density at radius 2 is 2.19 bits per heavy atom. The Hall–Kier alpha value is -1.70. The molecular weight excluding hydrogens is 275 g/mol. The van der Waals surface area contributed by atoms with Crippen molar-refractivity contribution in [2.24, 2.45) is 10.9 Å². The van der Waals surface area contributed by atoms with E-state index in [4.69, 9.17) is 15.7 Å². The van der Waals surface area contributed by atoms with Crippen molar-refractivity contribution in [1.29, 1.82) is 0 Å². The van der Waals surface area contributed by atoms with E-state index >= 15 is 0 Å². The highest BCUT2D eigenvalue weighted by atomic mass is 19.1. The second kappa shape index (κ2) is 7.92. The van der Waals surface area contributed by atoms with Gasteiger partial charge in [0.1, 0.15) is 5.82 Å². The molecule has 1 saturated heterocycles. The lowest BCUT2D eigenvalue weighted by atomic mass is 10.1. The standard InChI is InChI=1S/C14H21FN4O2/c15-13-9-11(14(16)18-20)1-2-12(13)10-17-3-4-19-5-7-21-8-6-19/h1-2,9,17,20H,3-8,10H2,(H2,16,18). The zero-order valence-electron chi connectivity index (χ0n) is 11.9. The predicted octanol–water partition coefficient (Wildman–Crippen LogP) is 0.342. The molecular formula is C14H21FN4O2. The first-order chi connectivity index (χ1) is 10.2. The summed E-state index contributed by atoms with van der Waals surface area (Å²) in [6.07, 6.45) is 0. The number of nitrogens with zero attached hydrogens (tertiary/aromatic N) is 2. The van der Waals surface area contributed by atoms with E-state index in [9.17, 15) is 4.39 Å². The first kappa shape index (κ1) is 15.7. The van der Waals surface area contributed by atoms with E-state index < -0.39 is 0 Å². The molecule has 0 saturated carbocycles. The molecule has 7 heteroatoms. The van der Waals surface area contributed by atoms with Gasteiger partial charge >= 0.3 is 0 Å². The fourth-order valence-corrected chi connectivity index (χ4v) is 2.19. The summed E-state index contributed by atoms with van der Waals surface area (Å²) in [5.41, 5.74) is 6.35. The smallest absolute Gasteiger partial charge is 0.170 e. The van der Waals surface area contributed by atoms with Crippen LogP contribution in [0.15, 0.2) is 23.4 Å². The number of benzene rings is 1. The highest BCUT2D eigenvalue weighted by Gasteiger charge is 2.10. The van der Waals surface area contributed by atoms with Gasteiger partial charge in [0.05, 0.1) is 13.2 Å². The van der Waals surface area contributed by atoms with E-state index in [0.29, 0.717) is 17.7 Å². The number of oxime groups is 1. The molecule has 4 N–H and O–H groups in total. The molecule has 116 valence electrons. The first-order valence-corrected chi connectivity index (χ1v) is 6.98. The van der Waals surface area contributed by atoms with Crippen LogP contribution in [0.25, 0.3) is 0 Å². The van der Waals surface area contributed by atoms with Crippen LogP contribution >= 0.6 is 0 Å². The summed E-state index contributed by atoms with van der Waals surface area (Å²) >= 11 is 0. The fraction of sp³-hybridized carbons (Fsp3) is 0.500. The Kier molecular flexibility index (Phi) is 5.91. The maximum absolute atomic E-state index is 13.9. The zero-order chi connectivity index (χ0) is 15.1. The quantitative estimate of drug-likeness (QED) is 0.232. The van der Waals surface area contributed by atoms with Crippen molar-refractivity contribution in [2.75, 3.05) is 39.4 Å². The van der Waals surface area contributed by atoms with Gasteiger partial charge < -0.3 is 21.0 Å². The maximum atomic E-state index is 13.9. The summed E-state index contributed by atoms with van der Waals surface area (Å²) in [7, 11) is 0. The second-order valence-corrected chi connectivity index (χ2v) is 4.92. The van der Waals surface area contributed by atoms with Crippen LogP contribution < -0.4 is 11.1 Å². The number of amidine groups is 1. The number of morpholine rings is 1. The molecule has 0 bridgehead atoms. The van der Waals surface area contributed by atoms with E-state index in [1.807, 2.05) is 0 Å². The van der Waals surface area contributed by atoms with Crippen LogP contribution in [0.3, 0.4) is 0 Å². The monoisotopic (exact) mass is 296 g/mol. The SMILES string of the molecule is NC(=NO)c1ccc(CNCCN2CCOCC2)c(F)c1. The largest absolute Gasteiger partial charge is 0.409 e. The Balaban J connectivity index is 1.77. The molecule has 2 rings (SSSR count). The van der Waals surface area contributed by atoms with Gasteiger partial charge in [0.25, 0.3) is 0 Å². The molecule has 1 fully saturated rings. The Morgan fingerprint density at radius 1 is 1.43 bits per heavy atom. The number of ether oxygens (including phenoxy) is 1. The molecule has 0 atom stereocenters. The number of hydrogen-bond donors (Lipinski definition) is 3. The minimum absolute atomic E-state index is 0.0965. The Bertz CT molecular complexity index is 490. The molecule has 6 nitrogen and oxygen atoms in total. The summed E-state index contributed by atoms with van der Waals surface area (Å²) in [5.74, 6) is -0.460. The average Bonchev–Trinajstić information content (AvgIpc) is 2.53. The molecule has 21 heavy (non-hydrogen) atoms. The molecule has 1 aliphatic heterocycles. The number of halogens is 1. The molecule has 0 spiro atoms. The molecule has 1 aromatic carbocycles. The van der Waals surface area contributed by atoms with Gasteiger partial charge in [-0.1, -0.05) is 17.3 Å². The van der Waals surface area contributed by atoms with Crippen LogP contribution in [-0.2, 0) is 11.3 Å². The van der Waals surface area contributed by atoms with Crippen molar-refractivity contribution < 1.29 is 14.3 Å². The average molecular weight is 296 g/mol. The number of rotatable bonds is 6. The van der Waals surface area contributed by atoms with Crippen molar-refractivity contribution in [3.05, 3.63) is 35.1 Å². The molecule has 0 radical (unpaired) electrons. The summed E-state index contributed by atoms with van der Waals surface area (Å²) in [6, 6.07) is 4.55. The van der Waals surface area contributed by atoms with E-state index in [2.05, 4.69) is 15.4 Å². The Labute approximate surface area is 123 Å². The minimum Gasteiger partial charge on any atom is -0.409 e. The van der Waals surface area contributed by atoms with Crippen molar-refractivity contribution in [3.63, 3.8) is 0 Å². The summed E-state index contributed by atoms with van der Waals surface area (Å²) in [6.45, 7) is 5.63. The fourth-order valence-electron chi connectivity index (χ4n) is 2.19. The molecule has 1 heterocycles. The van der Waals surface area contributed by atoms with Crippen LogP contribution in [0, 0.1) is 5.82 Å². The number of nitrogens with one attached hydrogen (secondary N) is 1. The van der Waals surface area contributed by atoms with Gasteiger partial charge in [0, 0.05) is 43.9 Å². The third-order valence-electron chi connectivity index (χ3n) is 3.48. The summed E-state index contributed by atoms with van der Waals surface area (Å²) in [5, 5.41) is 14.6. The number of nitrogens with two attached hydrogens (primary N) is 1. The first-order valence-electron chi connectivity index (χ1n) is 6.98. The van der Waals surface area contributed by atoms with Crippen molar-refractivity contribution in [3.8, 4) is 0 Å². The van der Waals surface area contributed by atoms with E-state index in [0.717, 1.165) is 39.4 Å². The molecule has 1 aromatic rings. The number of hydrogen-bond acceptors (Lipinski definition) is 5. The zero-order valence-corrected chi connectivity index (χ0v) is 11.9. The lowest BCUT2D eigenvalue weighted by Gasteiger charge is -2.26. The van der Waals surface area contributed by atoms with Crippen LogP contribution in [0.1, 0.15) is 11.1 Å². The molecule has 1 aliphatic rings. The van der Waals surface area contributed by atoms with E-state index in [-0.39, 0.29) is 11.7 Å². The topological polar surface area (TPSA) is 83.1 Å². The lowest BCUT2D eigenvalue weighted by molar-refractivity contribution is 0.0384. The molecule has 0 aliphatic carbocycles.